The Bertz CT molecular complexity index is 1300. The maximum absolute atomic E-state index is 12.7. The zero-order chi connectivity index (χ0) is 23.9. The van der Waals surface area contributed by atoms with Crippen molar-refractivity contribution in [2.45, 2.75) is 13.2 Å². The summed E-state index contributed by atoms with van der Waals surface area (Å²) in [6, 6.07) is 18.1. The van der Waals surface area contributed by atoms with Crippen molar-refractivity contribution in [1.29, 1.82) is 0 Å². The Hall–Kier alpha value is -4.18. The number of anilines is 1. The number of amides is 2. The van der Waals surface area contributed by atoms with Gasteiger partial charge in [-0.25, -0.2) is 14.6 Å². The minimum Gasteiger partial charge on any atom is -0.453 e. The number of thiophene rings is 1. The van der Waals surface area contributed by atoms with Gasteiger partial charge in [0.2, 0.25) is 11.7 Å². The van der Waals surface area contributed by atoms with E-state index in [1.807, 2.05) is 41.8 Å². The molecule has 174 valence electrons. The number of fused-ring (bicyclic) bond motifs is 1. The summed E-state index contributed by atoms with van der Waals surface area (Å²) in [4.78, 5) is 41.7. The molecule has 0 saturated heterocycles. The summed E-state index contributed by atoms with van der Waals surface area (Å²) < 4.78 is 11.6. The first-order chi connectivity index (χ1) is 16.5. The van der Waals surface area contributed by atoms with Crippen molar-refractivity contribution in [3.05, 3.63) is 82.0 Å². The van der Waals surface area contributed by atoms with Crippen molar-refractivity contribution >= 4 is 46.3 Å². The largest absolute Gasteiger partial charge is 0.453 e. The first kappa shape index (κ1) is 23.0. The van der Waals surface area contributed by atoms with Gasteiger partial charge in [0.05, 0.1) is 23.0 Å². The molecule has 0 atom stereocenters. The number of nitrogens with one attached hydrogen (secondary N) is 2. The first-order valence-corrected chi connectivity index (χ1v) is 11.3. The second-order valence-corrected chi connectivity index (χ2v) is 8.15. The molecule has 4 rings (SSSR count). The Morgan fingerprint density at radius 2 is 1.85 bits per heavy atom. The summed E-state index contributed by atoms with van der Waals surface area (Å²) in [7, 11) is 1.25. The summed E-state index contributed by atoms with van der Waals surface area (Å²) in [5.74, 6) is 0.138. The number of methoxy groups -OCH3 is 1. The van der Waals surface area contributed by atoms with Crippen LogP contribution in [0.25, 0.3) is 11.0 Å². The van der Waals surface area contributed by atoms with Crippen molar-refractivity contribution in [3.63, 3.8) is 0 Å². The molecule has 2 aromatic carbocycles. The Kier molecular flexibility index (Phi) is 7.19. The van der Waals surface area contributed by atoms with Gasteiger partial charge in [0.15, 0.2) is 0 Å². The second-order valence-electron chi connectivity index (χ2n) is 7.20. The van der Waals surface area contributed by atoms with E-state index < -0.39 is 12.2 Å². The molecule has 10 heteroatoms. The van der Waals surface area contributed by atoms with Gasteiger partial charge in [-0.2, -0.15) is 0 Å². The third-order valence-electron chi connectivity index (χ3n) is 4.97. The van der Waals surface area contributed by atoms with Crippen molar-refractivity contribution in [3.8, 4) is 0 Å². The van der Waals surface area contributed by atoms with E-state index in [0.717, 1.165) is 5.56 Å². The molecule has 0 saturated carbocycles. The molecule has 0 fully saturated rings. The van der Waals surface area contributed by atoms with Crippen LogP contribution < -0.4 is 10.6 Å². The van der Waals surface area contributed by atoms with Crippen molar-refractivity contribution in [2.24, 2.45) is 0 Å². The van der Waals surface area contributed by atoms with Crippen LogP contribution in [0.1, 0.15) is 20.8 Å². The van der Waals surface area contributed by atoms with Gasteiger partial charge in [-0.05, 0) is 35.2 Å². The van der Waals surface area contributed by atoms with E-state index in [4.69, 9.17) is 4.74 Å². The molecule has 4 aromatic rings. The first-order valence-electron chi connectivity index (χ1n) is 10.4. The van der Waals surface area contributed by atoms with Gasteiger partial charge >= 0.3 is 12.2 Å². The number of rotatable bonds is 8. The van der Waals surface area contributed by atoms with Crippen molar-refractivity contribution in [2.75, 3.05) is 19.0 Å². The van der Waals surface area contributed by atoms with Crippen LogP contribution in [-0.4, -0.2) is 41.2 Å². The van der Waals surface area contributed by atoms with Gasteiger partial charge in [0, 0.05) is 18.7 Å². The van der Waals surface area contributed by atoms with E-state index in [-0.39, 0.29) is 24.9 Å². The maximum Gasteiger partial charge on any atom is 0.413 e. The standard InChI is InChI=1S/C24H22N4O5S/c1-32-24(31)27-22-26-18-14-17(21(29)20-8-5-13-34-20)9-10-19(18)28(22)12-11-25-23(30)33-15-16-6-3-2-4-7-16/h2-10,13-14H,11-12,15H2,1H3,(H,25,30)(H,26,27,31). The minimum absolute atomic E-state index is 0.100. The lowest BCUT2D eigenvalue weighted by Gasteiger charge is -2.11. The fourth-order valence-electron chi connectivity index (χ4n) is 3.33. The number of ether oxygens (including phenoxy) is 2. The van der Waals surface area contributed by atoms with E-state index in [0.29, 0.717) is 28.0 Å². The number of alkyl carbamates (subject to hydrolysis) is 1. The predicted molar refractivity (Wildman–Crippen MR) is 128 cm³/mol. The minimum atomic E-state index is -0.679. The summed E-state index contributed by atoms with van der Waals surface area (Å²) >= 11 is 1.37. The Morgan fingerprint density at radius 3 is 2.59 bits per heavy atom. The lowest BCUT2D eigenvalue weighted by molar-refractivity contribution is 0.104. The fraction of sp³-hybridized carbons (Fsp3) is 0.167. The van der Waals surface area contributed by atoms with Crippen molar-refractivity contribution < 1.29 is 23.9 Å². The van der Waals surface area contributed by atoms with Crippen LogP contribution in [0, 0.1) is 0 Å². The lowest BCUT2D eigenvalue weighted by Crippen LogP contribution is -2.28. The highest BCUT2D eigenvalue weighted by Gasteiger charge is 2.17. The quantitative estimate of drug-likeness (QED) is 0.362. The van der Waals surface area contributed by atoms with E-state index in [1.54, 1.807) is 28.8 Å². The van der Waals surface area contributed by atoms with Crippen LogP contribution >= 0.6 is 11.3 Å². The summed E-state index contributed by atoms with van der Waals surface area (Å²) in [5, 5.41) is 7.11. The van der Waals surface area contributed by atoms with Crippen LogP contribution in [0.15, 0.2) is 66.0 Å². The average Bonchev–Trinajstić information content (AvgIpc) is 3.51. The Balaban J connectivity index is 1.47. The number of carbonyl (C=O) groups excluding carboxylic acids is 3. The topological polar surface area (TPSA) is 112 Å². The molecule has 34 heavy (non-hydrogen) atoms. The zero-order valence-electron chi connectivity index (χ0n) is 18.3. The molecular weight excluding hydrogens is 456 g/mol. The molecule has 0 unspecified atom stereocenters. The third kappa shape index (κ3) is 5.41. The SMILES string of the molecule is COC(=O)Nc1nc2cc(C(=O)c3cccs3)ccc2n1CCNC(=O)OCc1ccccc1. The summed E-state index contributed by atoms with van der Waals surface area (Å²) in [6.07, 6.45) is -1.23. The van der Waals surface area contributed by atoms with Gasteiger partial charge in [-0.3, -0.25) is 10.1 Å². The summed E-state index contributed by atoms with van der Waals surface area (Å²) in [5.41, 5.74) is 2.59. The van der Waals surface area contributed by atoms with Crippen LogP contribution in [-0.2, 0) is 22.6 Å². The second kappa shape index (κ2) is 10.6. The molecule has 9 nitrogen and oxygen atoms in total. The van der Waals surface area contributed by atoms with Crippen LogP contribution in [0.4, 0.5) is 15.5 Å². The zero-order valence-corrected chi connectivity index (χ0v) is 19.1. The number of imidazole rings is 1. The molecule has 0 aliphatic rings. The summed E-state index contributed by atoms with van der Waals surface area (Å²) in [6.45, 7) is 0.691. The smallest absolute Gasteiger partial charge is 0.413 e. The number of benzene rings is 2. The van der Waals surface area contributed by atoms with E-state index in [9.17, 15) is 14.4 Å². The van der Waals surface area contributed by atoms with E-state index in [1.165, 1.54) is 18.4 Å². The van der Waals surface area contributed by atoms with E-state index >= 15 is 0 Å². The molecule has 2 aromatic heterocycles. The number of carbonyl (C=O) groups is 3. The lowest BCUT2D eigenvalue weighted by atomic mass is 10.1. The Morgan fingerprint density at radius 1 is 1.03 bits per heavy atom. The molecule has 0 spiro atoms. The van der Waals surface area contributed by atoms with Crippen LogP contribution in [0.3, 0.4) is 0 Å². The monoisotopic (exact) mass is 478 g/mol. The third-order valence-corrected chi connectivity index (χ3v) is 5.84. The highest BCUT2D eigenvalue weighted by atomic mass is 32.1. The molecule has 0 aliphatic heterocycles. The van der Waals surface area contributed by atoms with Crippen LogP contribution in [0.2, 0.25) is 0 Å². The Labute approximate surface area is 199 Å². The normalized spacial score (nSPS) is 10.6. The molecule has 0 aliphatic carbocycles. The van der Waals surface area contributed by atoms with Gasteiger partial charge in [-0.15, -0.1) is 11.3 Å². The molecule has 0 radical (unpaired) electrons. The number of hydrogen-bond acceptors (Lipinski definition) is 7. The van der Waals surface area contributed by atoms with Crippen LogP contribution in [0.5, 0.6) is 0 Å². The van der Waals surface area contributed by atoms with E-state index in [2.05, 4.69) is 20.4 Å². The van der Waals surface area contributed by atoms with Gasteiger partial charge in [0.1, 0.15) is 6.61 Å². The van der Waals surface area contributed by atoms with Gasteiger partial charge in [-0.1, -0.05) is 36.4 Å². The highest BCUT2D eigenvalue weighted by molar-refractivity contribution is 7.12. The number of aromatic nitrogens is 2. The number of hydrogen-bond donors (Lipinski definition) is 2. The number of ketones is 1. The van der Waals surface area contributed by atoms with Crippen molar-refractivity contribution in [1.82, 2.24) is 14.9 Å². The fourth-order valence-corrected chi connectivity index (χ4v) is 4.01. The highest BCUT2D eigenvalue weighted by Crippen LogP contribution is 2.23. The number of nitrogens with zero attached hydrogens (tertiary/aromatic N) is 2. The molecule has 2 N–H and O–H groups in total. The predicted octanol–water partition coefficient (Wildman–Crippen LogP) is 4.43. The molecular formula is C24H22N4O5S. The average molecular weight is 479 g/mol. The van der Waals surface area contributed by atoms with Gasteiger partial charge < -0.3 is 19.4 Å². The maximum atomic E-state index is 12.7. The molecule has 2 amide bonds. The molecule has 2 heterocycles. The van der Waals surface area contributed by atoms with Gasteiger partial charge in [0.25, 0.3) is 0 Å². The molecule has 0 bridgehead atoms.